The lowest BCUT2D eigenvalue weighted by atomic mass is 10.1. The Morgan fingerprint density at radius 2 is 1.94 bits per heavy atom. The number of amides is 1. The van der Waals surface area contributed by atoms with E-state index in [-0.39, 0.29) is 25.2 Å². The summed E-state index contributed by atoms with van der Waals surface area (Å²) in [6.07, 6.45) is 1.12. The molecule has 0 aliphatic carbocycles. The zero-order chi connectivity index (χ0) is 13.4. The van der Waals surface area contributed by atoms with Crippen LogP contribution < -0.4 is 10.6 Å². The normalized spacial score (nSPS) is 11.9. The van der Waals surface area contributed by atoms with Gasteiger partial charge >= 0.3 is 0 Å². The number of aliphatic hydroxyl groups is 2. The van der Waals surface area contributed by atoms with Gasteiger partial charge in [0.1, 0.15) is 0 Å². The molecule has 0 aliphatic heterocycles. The second kappa shape index (κ2) is 7.68. The minimum atomic E-state index is -0.311. The van der Waals surface area contributed by atoms with E-state index >= 15 is 0 Å². The van der Waals surface area contributed by atoms with Gasteiger partial charge in [-0.25, -0.2) is 0 Å². The highest BCUT2D eigenvalue weighted by molar-refractivity contribution is 5.94. The van der Waals surface area contributed by atoms with Gasteiger partial charge in [0.25, 0.3) is 5.91 Å². The van der Waals surface area contributed by atoms with Gasteiger partial charge in [-0.2, -0.15) is 0 Å². The lowest BCUT2D eigenvalue weighted by molar-refractivity contribution is 0.0909. The number of nitrogens with one attached hydrogen (secondary N) is 2. The molecule has 0 bridgehead atoms. The maximum absolute atomic E-state index is 11.9. The van der Waals surface area contributed by atoms with Crippen LogP contribution in [0.4, 0.5) is 5.69 Å². The average Bonchev–Trinajstić information content (AvgIpc) is 2.43. The maximum atomic E-state index is 11.9. The second-order valence-corrected chi connectivity index (χ2v) is 4.05. The van der Waals surface area contributed by atoms with Crippen molar-refractivity contribution < 1.29 is 15.0 Å². The molecule has 0 aromatic heterocycles. The molecule has 0 aliphatic rings. The Kier molecular flexibility index (Phi) is 6.18. The Morgan fingerprint density at radius 3 is 2.44 bits per heavy atom. The zero-order valence-corrected chi connectivity index (χ0v) is 10.5. The van der Waals surface area contributed by atoms with Crippen molar-refractivity contribution in [3.8, 4) is 0 Å². The van der Waals surface area contributed by atoms with Crippen molar-refractivity contribution in [1.29, 1.82) is 0 Å². The molecule has 5 nitrogen and oxygen atoms in total. The summed E-state index contributed by atoms with van der Waals surface area (Å²) in [5, 5.41) is 23.6. The number of carbonyl (C=O) groups is 1. The van der Waals surface area contributed by atoms with E-state index in [2.05, 4.69) is 10.6 Å². The highest BCUT2D eigenvalue weighted by atomic mass is 16.3. The zero-order valence-electron chi connectivity index (χ0n) is 10.5. The van der Waals surface area contributed by atoms with Crippen molar-refractivity contribution in [2.24, 2.45) is 0 Å². The molecule has 1 rings (SSSR count). The first-order valence-corrected chi connectivity index (χ1v) is 6.01. The highest BCUT2D eigenvalue weighted by Gasteiger charge is 2.12. The Morgan fingerprint density at radius 1 is 1.28 bits per heavy atom. The average molecular weight is 252 g/mol. The highest BCUT2D eigenvalue weighted by Crippen LogP contribution is 2.09. The van der Waals surface area contributed by atoms with E-state index in [1.807, 2.05) is 19.2 Å². The molecule has 0 saturated carbocycles. The number of aliphatic hydroxyl groups excluding tert-OH is 2. The first-order chi connectivity index (χ1) is 8.71. The molecule has 0 radical (unpaired) electrons. The third-order valence-electron chi connectivity index (χ3n) is 2.70. The fourth-order valence-electron chi connectivity index (χ4n) is 1.60. The summed E-state index contributed by atoms with van der Waals surface area (Å²) in [6, 6.07) is 6.77. The van der Waals surface area contributed by atoms with Crippen LogP contribution in [0, 0.1) is 0 Å². The van der Waals surface area contributed by atoms with E-state index in [0.29, 0.717) is 18.4 Å². The van der Waals surface area contributed by atoms with Crippen LogP contribution in [0.2, 0.25) is 0 Å². The van der Waals surface area contributed by atoms with Gasteiger partial charge in [-0.05, 0) is 37.1 Å². The molecular weight excluding hydrogens is 232 g/mol. The Hall–Kier alpha value is -1.59. The van der Waals surface area contributed by atoms with Crippen molar-refractivity contribution in [3.05, 3.63) is 29.8 Å². The van der Waals surface area contributed by atoms with Crippen LogP contribution in [0.15, 0.2) is 24.3 Å². The third-order valence-corrected chi connectivity index (χ3v) is 2.70. The van der Waals surface area contributed by atoms with E-state index in [0.717, 1.165) is 5.69 Å². The summed E-state index contributed by atoms with van der Waals surface area (Å²) in [5.74, 6) is -0.213. The fraction of sp³-hybridized carbons (Fsp3) is 0.462. The van der Waals surface area contributed by atoms with Gasteiger partial charge in [-0.3, -0.25) is 4.79 Å². The summed E-state index contributed by atoms with van der Waals surface area (Å²) in [7, 11) is 1.81. The number of carbonyl (C=O) groups excluding carboxylic acids is 1. The summed E-state index contributed by atoms with van der Waals surface area (Å²) in [5.41, 5.74) is 1.49. The van der Waals surface area contributed by atoms with Gasteiger partial charge in [-0.1, -0.05) is 0 Å². The molecule has 18 heavy (non-hydrogen) atoms. The third kappa shape index (κ3) is 4.35. The van der Waals surface area contributed by atoms with Crippen molar-refractivity contribution in [2.45, 2.75) is 18.9 Å². The SMILES string of the molecule is CNc1ccc(C(=O)N[C@@H](CO)CCCO)cc1. The van der Waals surface area contributed by atoms with Crippen LogP contribution in [0.25, 0.3) is 0 Å². The molecule has 0 fully saturated rings. The topological polar surface area (TPSA) is 81.6 Å². The summed E-state index contributed by atoms with van der Waals surface area (Å²) >= 11 is 0. The van der Waals surface area contributed by atoms with Crippen molar-refractivity contribution in [3.63, 3.8) is 0 Å². The molecule has 0 unspecified atom stereocenters. The van der Waals surface area contributed by atoms with E-state index in [1.165, 1.54) is 0 Å². The van der Waals surface area contributed by atoms with Gasteiger partial charge in [-0.15, -0.1) is 0 Å². The van der Waals surface area contributed by atoms with Gasteiger partial charge in [0.15, 0.2) is 0 Å². The summed E-state index contributed by atoms with van der Waals surface area (Å²) < 4.78 is 0. The van der Waals surface area contributed by atoms with Gasteiger partial charge < -0.3 is 20.8 Å². The molecule has 1 atom stereocenters. The van der Waals surface area contributed by atoms with Crippen molar-refractivity contribution in [2.75, 3.05) is 25.6 Å². The van der Waals surface area contributed by atoms with Crippen LogP contribution >= 0.6 is 0 Å². The van der Waals surface area contributed by atoms with Gasteiger partial charge in [0.05, 0.1) is 12.6 Å². The Bertz CT molecular complexity index is 365. The quantitative estimate of drug-likeness (QED) is 0.572. The van der Waals surface area contributed by atoms with Crippen LogP contribution in [-0.2, 0) is 0 Å². The summed E-state index contributed by atoms with van der Waals surface area (Å²) in [4.78, 5) is 11.9. The van der Waals surface area contributed by atoms with E-state index in [1.54, 1.807) is 12.1 Å². The number of hydrogen-bond acceptors (Lipinski definition) is 4. The maximum Gasteiger partial charge on any atom is 0.251 e. The molecule has 5 heteroatoms. The number of rotatable bonds is 7. The first-order valence-electron chi connectivity index (χ1n) is 6.01. The molecule has 1 aromatic carbocycles. The number of benzene rings is 1. The van der Waals surface area contributed by atoms with Gasteiger partial charge in [0.2, 0.25) is 0 Å². The Labute approximate surface area is 107 Å². The van der Waals surface area contributed by atoms with E-state index in [4.69, 9.17) is 10.2 Å². The molecule has 1 amide bonds. The molecule has 1 aromatic rings. The minimum Gasteiger partial charge on any atom is -0.396 e. The van der Waals surface area contributed by atoms with Crippen molar-refractivity contribution >= 4 is 11.6 Å². The molecule has 100 valence electrons. The molecule has 4 N–H and O–H groups in total. The molecule has 0 heterocycles. The lowest BCUT2D eigenvalue weighted by Gasteiger charge is -2.15. The monoisotopic (exact) mass is 252 g/mol. The Balaban J connectivity index is 2.56. The van der Waals surface area contributed by atoms with Crippen LogP contribution in [0.5, 0.6) is 0 Å². The first kappa shape index (κ1) is 14.5. The van der Waals surface area contributed by atoms with Crippen LogP contribution in [-0.4, -0.2) is 42.4 Å². The lowest BCUT2D eigenvalue weighted by Crippen LogP contribution is -2.37. The standard InChI is InChI=1S/C13H20N2O3/c1-14-11-6-4-10(5-7-11)13(18)15-12(9-17)3-2-8-16/h4-7,12,14,16-17H,2-3,8-9H2,1H3,(H,15,18)/t12-/m1/s1. The minimum absolute atomic E-state index is 0.0588. The van der Waals surface area contributed by atoms with Gasteiger partial charge in [0, 0.05) is 24.9 Å². The smallest absolute Gasteiger partial charge is 0.251 e. The molecule has 0 saturated heterocycles. The summed E-state index contributed by atoms with van der Waals surface area (Å²) in [6.45, 7) is -0.0659. The predicted octanol–water partition coefficient (Wildman–Crippen LogP) is 0.591. The number of anilines is 1. The van der Waals surface area contributed by atoms with Crippen molar-refractivity contribution in [1.82, 2.24) is 5.32 Å². The van der Waals surface area contributed by atoms with Crippen LogP contribution in [0.3, 0.4) is 0 Å². The second-order valence-electron chi connectivity index (χ2n) is 4.05. The number of hydrogen-bond donors (Lipinski definition) is 4. The molecule has 0 spiro atoms. The molecular formula is C13H20N2O3. The van der Waals surface area contributed by atoms with E-state index < -0.39 is 0 Å². The largest absolute Gasteiger partial charge is 0.396 e. The van der Waals surface area contributed by atoms with Crippen LogP contribution in [0.1, 0.15) is 23.2 Å². The fourth-order valence-corrected chi connectivity index (χ4v) is 1.60. The van der Waals surface area contributed by atoms with E-state index in [9.17, 15) is 4.79 Å². The predicted molar refractivity (Wildman–Crippen MR) is 70.6 cm³/mol.